The maximum atomic E-state index is 12.3. The summed E-state index contributed by atoms with van der Waals surface area (Å²) in [5, 5.41) is 0. The van der Waals surface area contributed by atoms with Gasteiger partial charge in [0.25, 0.3) is 5.91 Å². The number of hydrogen-bond donors (Lipinski definition) is 1. The molecule has 1 aromatic heterocycles. The molecule has 1 saturated carbocycles. The van der Waals surface area contributed by atoms with Crippen LogP contribution in [-0.4, -0.2) is 48.4 Å². The maximum absolute atomic E-state index is 12.3. The van der Waals surface area contributed by atoms with Gasteiger partial charge >= 0.3 is 0 Å². The number of amides is 1. The molecule has 0 atom stereocenters. The van der Waals surface area contributed by atoms with E-state index < -0.39 is 0 Å². The van der Waals surface area contributed by atoms with Crippen LogP contribution < -0.4 is 5.73 Å². The van der Waals surface area contributed by atoms with Gasteiger partial charge in [-0.05, 0) is 24.8 Å². The predicted molar refractivity (Wildman–Crippen MR) is 86.2 cm³/mol. The molecular formula is C14H23Cl2N3O2. The second-order valence-corrected chi connectivity index (χ2v) is 5.54. The van der Waals surface area contributed by atoms with E-state index in [1.54, 1.807) is 6.07 Å². The molecule has 21 heavy (non-hydrogen) atoms. The second kappa shape index (κ2) is 8.03. The molecule has 0 unspecified atom stereocenters. The van der Waals surface area contributed by atoms with Crippen LogP contribution in [-0.2, 0) is 6.54 Å². The van der Waals surface area contributed by atoms with E-state index in [1.165, 1.54) is 25.6 Å². The number of carbonyl (C=O) groups is 1. The highest BCUT2D eigenvalue weighted by molar-refractivity contribution is 5.94. The van der Waals surface area contributed by atoms with Crippen molar-refractivity contribution in [1.82, 2.24) is 9.80 Å². The van der Waals surface area contributed by atoms with Crippen LogP contribution in [0.15, 0.2) is 16.7 Å². The van der Waals surface area contributed by atoms with Crippen LogP contribution in [0.4, 0.5) is 0 Å². The van der Waals surface area contributed by atoms with Crippen molar-refractivity contribution >= 4 is 30.7 Å². The van der Waals surface area contributed by atoms with Crippen LogP contribution in [0, 0.1) is 5.92 Å². The number of halogens is 2. The molecule has 2 N–H and O–H groups in total. The van der Waals surface area contributed by atoms with E-state index in [0.29, 0.717) is 17.9 Å². The van der Waals surface area contributed by atoms with E-state index in [-0.39, 0.29) is 30.7 Å². The van der Waals surface area contributed by atoms with Gasteiger partial charge < -0.3 is 15.1 Å². The second-order valence-electron chi connectivity index (χ2n) is 5.54. The number of furan rings is 1. The first-order chi connectivity index (χ1) is 9.26. The summed E-state index contributed by atoms with van der Waals surface area (Å²) in [6.07, 6.45) is 4.28. The standard InChI is InChI=1S/C14H21N3O2.2ClH/c15-8-13-7-12(10-19-13)14(18)17-5-3-16(4-6-17)9-11-1-2-11;;/h7,10-11H,1-6,8-9,15H2;2*1H. The monoisotopic (exact) mass is 335 g/mol. The van der Waals surface area contributed by atoms with E-state index in [0.717, 1.165) is 32.1 Å². The predicted octanol–water partition coefficient (Wildman–Crippen LogP) is 1.75. The van der Waals surface area contributed by atoms with Crippen LogP contribution in [0.2, 0.25) is 0 Å². The Morgan fingerprint density at radius 2 is 1.90 bits per heavy atom. The van der Waals surface area contributed by atoms with Crippen molar-refractivity contribution in [3.05, 3.63) is 23.7 Å². The van der Waals surface area contributed by atoms with Gasteiger partial charge in [0.15, 0.2) is 0 Å². The average molecular weight is 336 g/mol. The van der Waals surface area contributed by atoms with Crippen molar-refractivity contribution < 1.29 is 9.21 Å². The Morgan fingerprint density at radius 1 is 1.24 bits per heavy atom. The van der Waals surface area contributed by atoms with Gasteiger partial charge in [0, 0.05) is 32.7 Å². The SMILES string of the molecule is Cl.Cl.NCc1cc(C(=O)N2CCN(CC3CC3)CC2)co1. The molecular weight excluding hydrogens is 313 g/mol. The fourth-order valence-corrected chi connectivity index (χ4v) is 2.58. The minimum absolute atomic E-state index is 0. The van der Waals surface area contributed by atoms with Crippen molar-refractivity contribution in [3.63, 3.8) is 0 Å². The number of hydrogen-bond acceptors (Lipinski definition) is 4. The molecule has 3 rings (SSSR count). The van der Waals surface area contributed by atoms with Crippen molar-refractivity contribution in [2.75, 3.05) is 32.7 Å². The van der Waals surface area contributed by atoms with E-state index in [9.17, 15) is 4.79 Å². The van der Waals surface area contributed by atoms with Crippen LogP contribution in [0.25, 0.3) is 0 Å². The Kier molecular flexibility index (Phi) is 7.00. The zero-order chi connectivity index (χ0) is 13.2. The zero-order valence-corrected chi connectivity index (χ0v) is 13.6. The average Bonchev–Trinajstić information content (AvgIpc) is 3.12. The number of nitrogens with two attached hydrogens (primary N) is 1. The lowest BCUT2D eigenvalue weighted by Gasteiger charge is -2.34. The van der Waals surface area contributed by atoms with Crippen LogP contribution >= 0.6 is 24.8 Å². The summed E-state index contributed by atoms with van der Waals surface area (Å²) >= 11 is 0. The number of carbonyl (C=O) groups excluding carboxylic acids is 1. The van der Waals surface area contributed by atoms with E-state index in [2.05, 4.69) is 4.90 Å². The van der Waals surface area contributed by atoms with E-state index >= 15 is 0 Å². The summed E-state index contributed by atoms with van der Waals surface area (Å²) in [5.41, 5.74) is 6.11. The van der Waals surface area contributed by atoms with Gasteiger partial charge in [-0.1, -0.05) is 0 Å². The smallest absolute Gasteiger partial charge is 0.257 e. The highest BCUT2D eigenvalue weighted by Crippen LogP contribution is 2.30. The molecule has 1 aliphatic heterocycles. The van der Waals surface area contributed by atoms with E-state index in [1.807, 2.05) is 4.90 Å². The van der Waals surface area contributed by atoms with Crippen molar-refractivity contribution in [2.24, 2.45) is 11.7 Å². The van der Waals surface area contributed by atoms with Crippen LogP contribution in [0.5, 0.6) is 0 Å². The molecule has 1 amide bonds. The van der Waals surface area contributed by atoms with Gasteiger partial charge in [0.05, 0.1) is 12.1 Å². The van der Waals surface area contributed by atoms with Gasteiger partial charge in [0.1, 0.15) is 12.0 Å². The maximum Gasteiger partial charge on any atom is 0.257 e. The van der Waals surface area contributed by atoms with Crippen LogP contribution in [0.3, 0.4) is 0 Å². The van der Waals surface area contributed by atoms with Crippen LogP contribution in [0.1, 0.15) is 29.0 Å². The van der Waals surface area contributed by atoms with Crippen molar-refractivity contribution in [3.8, 4) is 0 Å². The summed E-state index contributed by atoms with van der Waals surface area (Å²) in [6.45, 7) is 5.16. The lowest BCUT2D eigenvalue weighted by atomic mass is 10.2. The molecule has 1 saturated heterocycles. The Morgan fingerprint density at radius 3 is 2.43 bits per heavy atom. The van der Waals surface area contributed by atoms with Gasteiger partial charge in [-0.3, -0.25) is 9.69 Å². The molecule has 0 spiro atoms. The molecule has 7 heteroatoms. The molecule has 120 valence electrons. The molecule has 0 bridgehead atoms. The van der Waals surface area contributed by atoms with Crippen molar-refractivity contribution in [1.29, 1.82) is 0 Å². The lowest BCUT2D eigenvalue weighted by molar-refractivity contribution is 0.0631. The van der Waals surface area contributed by atoms with Gasteiger partial charge in [-0.2, -0.15) is 0 Å². The van der Waals surface area contributed by atoms with Gasteiger partial charge in [0.2, 0.25) is 0 Å². The largest absolute Gasteiger partial charge is 0.467 e. The highest BCUT2D eigenvalue weighted by atomic mass is 35.5. The Hall–Kier alpha value is -0.750. The number of nitrogens with zero attached hydrogens (tertiary/aromatic N) is 2. The highest BCUT2D eigenvalue weighted by Gasteiger charge is 2.28. The first kappa shape index (κ1) is 18.3. The van der Waals surface area contributed by atoms with Gasteiger partial charge in [-0.25, -0.2) is 0 Å². The summed E-state index contributed by atoms with van der Waals surface area (Å²) in [4.78, 5) is 16.7. The summed E-state index contributed by atoms with van der Waals surface area (Å²) in [6, 6.07) is 1.75. The normalized spacial score (nSPS) is 18.8. The number of piperazine rings is 1. The summed E-state index contributed by atoms with van der Waals surface area (Å²) in [5.74, 6) is 1.65. The quantitative estimate of drug-likeness (QED) is 0.910. The topological polar surface area (TPSA) is 62.7 Å². The third-order valence-corrected chi connectivity index (χ3v) is 3.97. The lowest BCUT2D eigenvalue weighted by Crippen LogP contribution is -2.49. The molecule has 1 aromatic rings. The Labute approximate surface area is 137 Å². The third kappa shape index (κ3) is 4.61. The van der Waals surface area contributed by atoms with Gasteiger partial charge in [-0.15, -0.1) is 24.8 Å². The Bertz CT molecular complexity index is 455. The molecule has 1 aliphatic carbocycles. The summed E-state index contributed by atoms with van der Waals surface area (Å²) < 4.78 is 5.22. The van der Waals surface area contributed by atoms with Crippen molar-refractivity contribution in [2.45, 2.75) is 19.4 Å². The molecule has 5 nitrogen and oxygen atoms in total. The first-order valence-corrected chi connectivity index (χ1v) is 7.05. The minimum atomic E-state index is 0. The summed E-state index contributed by atoms with van der Waals surface area (Å²) in [7, 11) is 0. The van der Waals surface area contributed by atoms with E-state index in [4.69, 9.17) is 10.2 Å². The fourth-order valence-electron chi connectivity index (χ4n) is 2.58. The molecule has 0 aromatic carbocycles. The minimum Gasteiger partial charge on any atom is -0.467 e. The number of rotatable bonds is 4. The molecule has 2 aliphatic rings. The molecule has 2 heterocycles. The zero-order valence-electron chi connectivity index (χ0n) is 12.0. The molecule has 0 radical (unpaired) electrons. The molecule has 2 fully saturated rings. The first-order valence-electron chi connectivity index (χ1n) is 7.05. The third-order valence-electron chi connectivity index (χ3n) is 3.97. The fraction of sp³-hybridized carbons (Fsp3) is 0.643. The Balaban J connectivity index is 0.00000110.